The minimum Gasteiger partial charge on any atom is -0.481 e. The first-order valence-electron chi connectivity index (χ1n) is 14.3. The summed E-state index contributed by atoms with van der Waals surface area (Å²) in [6.45, 7) is 5.37. The molecule has 3 N–H and O–H groups in total. The Morgan fingerprint density at radius 1 is 1.03 bits per heavy atom. The molecular formula is C30H41N3O4. The Morgan fingerprint density at radius 2 is 1.65 bits per heavy atom. The minimum absolute atomic E-state index is 0.0878. The van der Waals surface area contributed by atoms with Crippen molar-refractivity contribution < 1.29 is 19.5 Å². The van der Waals surface area contributed by atoms with E-state index in [4.69, 9.17) is 0 Å². The molecule has 2 aliphatic heterocycles. The molecule has 6 aliphatic rings. The van der Waals surface area contributed by atoms with Crippen molar-refractivity contribution in [3.8, 4) is 0 Å². The van der Waals surface area contributed by atoms with Crippen LogP contribution < -0.4 is 10.6 Å². The van der Waals surface area contributed by atoms with E-state index in [1.807, 2.05) is 18.2 Å². The van der Waals surface area contributed by atoms with Crippen molar-refractivity contribution in [1.82, 2.24) is 15.5 Å². The molecule has 4 aliphatic carbocycles. The Bertz CT molecular complexity index is 1060. The highest BCUT2D eigenvalue weighted by molar-refractivity contribution is 5.92. The molecule has 7 rings (SSSR count). The van der Waals surface area contributed by atoms with Crippen molar-refractivity contribution in [2.24, 2.45) is 29.1 Å². The first kappa shape index (κ1) is 24.9. The highest BCUT2D eigenvalue weighted by Gasteiger charge is 2.52. The highest BCUT2D eigenvalue weighted by atomic mass is 16.4. The summed E-state index contributed by atoms with van der Waals surface area (Å²) in [5.74, 6) is 1.41. The van der Waals surface area contributed by atoms with Crippen molar-refractivity contribution >= 4 is 17.8 Å². The largest absolute Gasteiger partial charge is 0.481 e. The molecule has 5 fully saturated rings. The summed E-state index contributed by atoms with van der Waals surface area (Å²) in [6.07, 6.45) is 7.87. The van der Waals surface area contributed by atoms with Crippen LogP contribution in [0.1, 0.15) is 82.4 Å². The van der Waals surface area contributed by atoms with Gasteiger partial charge in [0.2, 0.25) is 11.8 Å². The zero-order valence-corrected chi connectivity index (χ0v) is 22.2. The second-order valence-electron chi connectivity index (χ2n) is 13.4. The standard InChI is InChI=1S/C30H41N3O4/c1-29(2,28(36)37)16-24(34)33-17-30(7-9-31-10-8-30)23-6-4-3-5-22(23)26(33)27(35)32-25-20-12-18-11-19(14-20)15-21(25)13-18/h3-6,18-21,25-26,31H,7-17H2,1-2H3,(H,32,35)(H,36,37)/t18?,19?,20?,21?,25?,26-/m1/s1. The Labute approximate surface area is 219 Å². The zero-order chi connectivity index (χ0) is 25.9. The SMILES string of the molecule is CC(C)(CC(=O)N1CC2(CCNCC2)c2ccccc2[C@@H]1C(=O)NC1C2CC3CC(C2)CC1C3)C(=O)O. The van der Waals surface area contributed by atoms with Gasteiger partial charge in [0, 0.05) is 24.4 Å². The number of benzene rings is 1. The van der Waals surface area contributed by atoms with Crippen molar-refractivity contribution in [2.75, 3.05) is 19.6 Å². The number of carboxylic acid groups (broad SMARTS) is 1. The van der Waals surface area contributed by atoms with Crippen molar-refractivity contribution in [3.05, 3.63) is 35.4 Å². The number of hydrogen-bond donors (Lipinski definition) is 3. The molecule has 7 nitrogen and oxygen atoms in total. The minimum atomic E-state index is -1.20. The summed E-state index contributed by atoms with van der Waals surface area (Å²) >= 11 is 0. The lowest BCUT2D eigenvalue weighted by Crippen LogP contribution is -2.60. The number of carbonyl (C=O) groups is 3. The van der Waals surface area contributed by atoms with E-state index in [1.165, 1.54) is 37.7 Å². The molecule has 200 valence electrons. The molecule has 1 aromatic carbocycles. The predicted octanol–water partition coefficient (Wildman–Crippen LogP) is 3.63. The number of aliphatic carboxylic acids is 1. The number of amides is 2. The fraction of sp³-hybridized carbons (Fsp3) is 0.700. The van der Waals surface area contributed by atoms with Crippen LogP contribution in [0.25, 0.3) is 0 Å². The molecule has 1 aromatic rings. The van der Waals surface area contributed by atoms with Gasteiger partial charge in [-0.1, -0.05) is 24.3 Å². The summed E-state index contributed by atoms with van der Waals surface area (Å²) in [5.41, 5.74) is 0.684. The second kappa shape index (κ2) is 9.11. The Kier molecular flexibility index (Phi) is 6.13. The van der Waals surface area contributed by atoms with Crippen molar-refractivity contribution in [3.63, 3.8) is 0 Å². The average Bonchev–Trinajstić information content (AvgIpc) is 2.86. The molecule has 1 spiro atoms. The summed E-state index contributed by atoms with van der Waals surface area (Å²) in [5, 5.41) is 16.7. The van der Waals surface area contributed by atoms with Gasteiger partial charge in [-0.3, -0.25) is 14.4 Å². The van der Waals surface area contributed by atoms with Crippen LogP contribution in [0.4, 0.5) is 0 Å². The highest BCUT2D eigenvalue weighted by Crippen LogP contribution is 2.54. The summed E-state index contributed by atoms with van der Waals surface area (Å²) in [7, 11) is 0. The quantitative estimate of drug-likeness (QED) is 0.565. The van der Waals surface area contributed by atoms with E-state index in [0.717, 1.165) is 43.3 Å². The van der Waals surface area contributed by atoms with Gasteiger partial charge in [-0.15, -0.1) is 0 Å². The van der Waals surface area contributed by atoms with Crippen LogP contribution in [0.5, 0.6) is 0 Å². The Hall–Kier alpha value is -2.41. The van der Waals surface area contributed by atoms with Crippen LogP contribution in [-0.4, -0.2) is 53.5 Å². The van der Waals surface area contributed by atoms with Gasteiger partial charge < -0.3 is 20.6 Å². The first-order valence-corrected chi connectivity index (χ1v) is 14.3. The normalized spacial score (nSPS) is 33.7. The van der Waals surface area contributed by atoms with Crippen LogP contribution in [0, 0.1) is 29.1 Å². The summed E-state index contributed by atoms with van der Waals surface area (Å²) in [6, 6.07) is 7.64. The molecule has 1 saturated heterocycles. The maximum Gasteiger partial charge on any atom is 0.309 e. The molecule has 1 atom stereocenters. The zero-order valence-electron chi connectivity index (χ0n) is 22.2. The van der Waals surface area contributed by atoms with E-state index in [9.17, 15) is 19.5 Å². The lowest BCUT2D eigenvalue weighted by molar-refractivity contribution is -0.154. The van der Waals surface area contributed by atoms with Gasteiger partial charge in [0.1, 0.15) is 6.04 Å². The number of nitrogens with one attached hydrogen (secondary N) is 2. The first-order chi connectivity index (χ1) is 17.7. The fourth-order valence-electron chi connectivity index (χ4n) is 8.70. The molecule has 4 bridgehead atoms. The van der Waals surface area contributed by atoms with Gasteiger partial charge in [-0.05, 0) is 107 Å². The molecule has 2 heterocycles. The van der Waals surface area contributed by atoms with E-state index in [-0.39, 0.29) is 29.7 Å². The summed E-state index contributed by atoms with van der Waals surface area (Å²) < 4.78 is 0. The van der Waals surface area contributed by atoms with Gasteiger partial charge in [-0.2, -0.15) is 0 Å². The maximum absolute atomic E-state index is 14.2. The van der Waals surface area contributed by atoms with Crippen LogP contribution in [0.2, 0.25) is 0 Å². The number of carboxylic acids is 1. The smallest absolute Gasteiger partial charge is 0.309 e. The molecule has 0 radical (unpaired) electrons. The predicted molar refractivity (Wildman–Crippen MR) is 140 cm³/mol. The summed E-state index contributed by atoms with van der Waals surface area (Å²) in [4.78, 5) is 41.7. The van der Waals surface area contributed by atoms with Crippen LogP contribution >= 0.6 is 0 Å². The molecule has 37 heavy (non-hydrogen) atoms. The third kappa shape index (κ3) is 4.27. The number of rotatable bonds is 5. The van der Waals surface area contributed by atoms with E-state index >= 15 is 0 Å². The fourth-order valence-corrected chi connectivity index (χ4v) is 8.70. The number of carbonyl (C=O) groups excluding carboxylic acids is 2. The monoisotopic (exact) mass is 507 g/mol. The maximum atomic E-state index is 14.2. The van der Waals surface area contributed by atoms with Crippen molar-refractivity contribution in [1.29, 1.82) is 0 Å². The number of fused-ring (bicyclic) bond motifs is 2. The van der Waals surface area contributed by atoms with E-state index in [2.05, 4.69) is 16.7 Å². The van der Waals surface area contributed by atoms with Gasteiger partial charge in [0.15, 0.2) is 0 Å². The average molecular weight is 508 g/mol. The van der Waals surface area contributed by atoms with Crippen molar-refractivity contribution in [2.45, 2.75) is 82.7 Å². The van der Waals surface area contributed by atoms with E-state index in [1.54, 1.807) is 18.7 Å². The Morgan fingerprint density at radius 3 is 2.27 bits per heavy atom. The topological polar surface area (TPSA) is 98.7 Å². The second-order valence-corrected chi connectivity index (χ2v) is 13.4. The lowest BCUT2D eigenvalue weighted by Gasteiger charge is -2.55. The third-order valence-electron chi connectivity index (χ3n) is 10.4. The van der Waals surface area contributed by atoms with Gasteiger partial charge in [0.05, 0.1) is 5.41 Å². The van der Waals surface area contributed by atoms with Gasteiger partial charge in [-0.25, -0.2) is 0 Å². The van der Waals surface area contributed by atoms with E-state index < -0.39 is 17.4 Å². The number of hydrogen-bond acceptors (Lipinski definition) is 4. The number of piperidine rings is 1. The molecule has 4 saturated carbocycles. The van der Waals surface area contributed by atoms with Gasteiger partial charge in [0.25, 0.3) is 0 Å². The third-order valence-corrected chi connectivity index (χ3v) is 10.4. The molecule has 7 heteroatoms. The van der Waals surface area contributed by atoms with Gasteiger partial charge >= 0.3 is 5.97 Å². The number of nitrogens with zero attached hydrogens (tertiary/aromatic N) is 1. The molecule has 0 unspecified atom stereocenters. The molecular weight excluding hydrogens is 466 g/mol. The van der Waals surface area contributed by atoms with Crippen LogP contribution in [0.3, 0.4) is 0 Å². The molecule has 2 amide bonds. The van der Waals surface area contributed by atoms with E-state index in [0.29, 0.717) is 18.4 Å². The lowest BCUT2D eigenvalue weighted by atomic mass is 9.54. The molecule has 0 aromatic heterocycles. The van der Waals surface area contributed by atoms with Crippen LogP contribution in [-0.2, 0) is 19.8 Å². The Balaban J connectivity index is 1.34. The van der Waals surface area contributed by atoms with Crippen LogP contribution in [0.15, 0.2) is 24.3 Å².